The second kappa shape index (κ2) is 6.42. The molecule has 0 bridgehead atoms. The molecule has 90 valence electrons. The molecule has 3 nitrogen and oxygen atoms in total. The molecule has 0 radical (unpaired) electrons. The summed E-state index contributed by atoms with van der Waals surface area (Å²) in [6.45, 7) is 2.86. The number of hydrogen-bond donors (Lipinski definition) is 1. The van der Waals surface area contributed by atoms with Gasteiger partial charge in [0.05, 0.1) is 6.33 Å². The Hall–Kier alpha value is -1.32. The lowest BCUT2D eigenvalue weighted by molar-refractivity contribution is 0.581. The Morgan fingerprint density at radius 3 is 3.06 bits per heavy atom. The molecule has 0 amide bonds. The third-order valence-electron chi connectivity index (χ3n) is 2.55. The highest BCUT2D eigenvalue weighted by atomic mass is 35.5. The van der Waals surface area contributed by atoms with Crippen molar-refractivity contribution in [2.45, 2.75) is 19.5 Å². The van der Waals surface area contributed by atoms with Crippen molar-refractivity contribution in [3.8, 4) is 0 Å². The first-order valence-electron chi connectivity index (χ1n) is 5.75. The summed E-state index contributed by atoms with van der Waals surface area (Å²) in [5.74, 6) is 0. The van der Waals surface area contributed by atoms with E-state index in [1.54, 1.807) is 6.20 Å². The zero-order chi connectivity index (χ0) is 11.9. The van der Waals surface area contributed by atoms with Gasteiger partial charge in [0, 0.05) is 30.5 Å². The molecule has 0 fully saturated rings. The highest BCUT2D eigenvalue weighted by Crippen LogP contribution is 2.10. The standard InChI is InChI=1S/C13H16ClN3/c14-13-4-1-3-12(9-13)10-15-5-2-7-17-8-6-16-11-17/h1,3-4,6,8-9,11,15H,2,5,7,10H2. The molecular weight excluding hydrogens is 234 g/mol. The Balaban J connectivity index is 1.63. The summed E-state index contributed by atoms with van der Waals surface area (Å²) in [7, 11) is 0. The second-order valence-corrected chi connectivity index (χ2v) is 4.40. The summed E-state index contributed by atoms with van der Waals surface area (Å²) in [5.41, 5.74) is 1.22. The van der Waals surface area contributed by atoms with E-state index in [4.69, 9.17) is 11.6 Å². The average molecular weight is 250 g/mol. The number of aryl methyl sites for hydroxylation is 1. The summed E-state index contributed by atoms with van der Waals surface area (Å²) in [4.78, 5) is 4.01. The van der Waals surface area contributed by atoms with Gasteiger partial charge >= 0.3 is 0 Å². The van der Waals surface area contributed by atoms with Crippen LogP contribution in [0.4, 0.5) is 0 Å². The molecular formula is C13H16ClN3. The van der Waals surface area contributed by atoms with Gasteiger partial charge < -0.3 is 9.88 Å². The van der Waals surface area contributed by atoms with E-state index in [2.05, 4.69) is 20.9 Å². The zero-order valence-corrected chi connectivity index (χ0v) is 10.4. The van der Waals surface area contributed by atoms with E-state index in [0.29, 0.717) is 0 Å². The van der Waals surface area contributed by atoms with Crippen molar-refractivity contribution in [1.82, 2.24) is 14.9 Å². The Labute approximate surface area is 106 Å². The van der Waals surface area contributed by atoms with Crippen LogP contribution in [0, 0.1) is 0 Å². The number of nitrogens with one attached hydrogen (secondary N) is 1. The molecule has 0 aliphatic carbocycles. The van der Waals surface area contributed by atoms with E-state index in [0.717, 1.165) is 31.1 Å². The fourth-order valence-corrected chi connectivity index (χ4v) is 1.90. The number of imidazole rings is 1. The minimum Gasteiger partial charge on any atom is -0.337 e. The Morgan fingerprint density at radius 1 is 1.35 bits per heavy atom. The van der Waals surface area contributed by atoms with Gasteiger partial charge in [-0.2, -0.15) is 0 Å². The molecule has 0 unspecified atom stereocenters. The van der Waals surface area contributed by atoms with Crippen LogP contribution in [0.2, 0.25) is 5.02 Å². The molecule has 0 aliphatic rings. The maximum atomic E-state index is 5.91. The molecule has 0 atom stereocenters. The summed E-state index contributed by atoms with van der Waals surface area (Å²) in [5, 5.41) is 4.19. The molecule has 1 N–H and O–H groups in total. The van der Waals surface area contributed by atoms with Crippen LogP contribution in [0.15, 0.2) is 43.0 Å². The van der Waals surface area contributed by atoms with Gasteiger partial charge in [-0.1, -0.05) is 23.7 Å². The molecule has 0 saturated carbocycles. The first-order valence-corrected chi connectivity index (χ1v) is 6.13. The van der Waals surface area contributed by atoms with E-state index in [-0.39, 0.29) is 0 Å². The summed E-state index contributed by atoms with van der Waals surface area (Å²) >= 11 is 5.91. The molecule has 1 aromatic carbocycles. The molecule has 2 aromatic rings. The van der Waals surface area contributed by atoms with Gasteiger partial charge in [-0.15, -0.1) is 0 Å². The van der Waals surface area contributed by atoms with E-state index < -0.39 is 0 Å². The number of nitrogens with zero attached hydrogens (tertiary/aromatic N) is 2. The summed E-state index contributed by atoms with van der Waals surface area (Å²) in [6.07, 6.45) is 6.73. The highest BCUT2D eigenvalue weighted by Gasteiger charge is 1.94. The first-order chi connectivity index (χ1) is 8.34. The van der Waals surface area contributed by atoms with Crippen LogP contribution in [-0.4, -0.2) is 16.1 Å². The van der Waals surface area contributed by atoms with Gasteiger partial charge in [-0.05, 0) is 30.7 Å². The van der Waals surface area contributed by atoms with Crippen molar-refractivity contribution in [3.63, 3.8) is 0 Å². The van der Waals surface area contributed by atoms with Gasteiger partial charge in [0.25, 0.3) is 0 Å². The summed E-state index contributed by atoms with van der Waals surface area (Å²) < 4.78 is 2.08. The zero-order valence-electron chi connectivity index (χ0n) is 9.64. The van der Waals surface area contributed by atoms with E-state index in [1.807, 2.05) is 30.7 Å². The van der Waals surface area contributed by atoms with Gasteiger partial charge in [-0.3, -0.25) is 0 Å². The SMILES string of the molecule is Clc1cccc(CNCCCn2ccnc2)c1. The van der Waals surface area contributed by atoms with Crippen molar-refractivity contribution in [3.05, 3.63) is 53.6 Å². The van der Waals surface area contributed by atoms with Crippen LogP contribution in [0.5, 0.6) is 0 Å². The number of hydrogen-bond acceptors (Lipinski definition) is 2. The molecule has 1 heterocycles. The fraction of sp³-hybridized carbons (Fsp3) is 0.308. The van der Waals surface area contributed by atoms with Gasteiger partial charge in [0.2, 0.25) is 0 Å². The van der Waals surface area contributed by atoms with Crippen LogP contribution < -0.4 is 5.32 Å². The Morgan fingerprint density at radius 2 is 2.29 bits per heavy atom. The maximum absolute atomic E-state index is 5.91. The number of rotatable bonds is 6. The lowest BCUT2D eigenvalue weighted by Gasteiger charge is -2.05. The van der Waals surface area contributed by atoms with E-state index in [9.17, 15) is 0 Å². The van der Waals surface area contributed by atoms with Crippen LogP contribution in [-0.2, 0) is 13.1 Å². The predicted octanol–water partition coefficient (Wildman–Crippen LogP) is 2.72. The van der Waals surface area contributed by atoms with Crippen molar-refractivity contribution in [2.24, 2.45) is 0 Å². The third kappa shape index (κ3) is 4.21. The second-order valence-electron chi connectivity index (χ2n) is 3.96. The lowest BCUT2D eigenvalue weighted by Crippen LogP contribution is -2.16. The topological polar surface area (TPSA) is 29.9 Å². The smallest absolute Gasteiger partial charge is 0.0945 e. The van der Waals surface area contributed by atoms with Crippen LogP contribution in [0.25, 0.3) is 0 Å². The van der Waals surface area contributed by atoms with Gasteiger partial charge in [0.1, 0.15) is 0 Å². The van der Waals surface area contributed by atoms with Crippen LogP contribution in [0.1, 0.15) is 12.0 Å². The van der Waals surface area contributed by atoms with Crippen molar-refractivity contribution in [2.75, 3.05) is 6.54 Å². The number of benzene rings is 1. The summed E-state index contributed by atoms with van der Waals surface area (Å²) in [6, 6.07) is 7.94. The molecule has 17 heavy (non-hydrogen) atoms. The van der Waals surface area contributed by atoms with Crippen LogP contribution >= 0.6 is 11.6 Å². The Kier molecular flexibility index (Phi) is 4.59. The maximum Gasteiger partial charge on any atom is 0.0945 e. The minimum absolute atomic E-state index is 0.794. The van der Waals surface area contributed by atoms with Crippen LogP contribution in [0.3, 0.4) is 0 Å². The molecule has 4 heteroatoms. The normalized spacial score (nSPS) is 10.6. The Bertz CT molecular complexity index is 440. The molecule has 0 spiro atoms. The van der Waals surface area contributed by atoms with Crippen molar-refractivity contribution >= 4 is 11.6 Å². The molecule has 0 saturated heterocycles. The lowest BCUT2D eigenvalue weighted by atomic mass is 10.2. The predicted molar refractivity (Wildman–Crippen MR) is 70.0 cm³/mol. The van der Waals surface area contributed by atoms with Gasteiger partial charge in [0.15, 0.2) is 0 Å². The third-order valence-corrected chi connectivity index (χ3v) is 2.78. The average Bonchev–Trinajstić information content (AvgIpc) is 2.82. The fourth-order valence-electron chi connectivity index (χ4n) is 1.69. The molecule has 1 aromatic heterocycles. The monoisotopic (exact) mass is 249 g/mol. The minimum atomic E-state index is 0.794. The van der Waals surface area contributed by atoms with Crippen molar-refractivity contribution in [1.29, 1.82) is 0 Å². The van der Waals surface area contributed by atoms with Crippen molar-refractivity contribution < 1.29 is 0 Å². The number of aromatic nitrogens is 2. The molecule has 0 aliphatic heterocycles. The van der Waals surface area contributed by atoms with E-state index in [1.165, 1.54) is 5.56 Å². The first kappa shape index (κ1) is 12.1. The van der Waals surface area contributed by atoms with E-state index >= 15 is 0 Å². The number of halogens is 1. The largest absolute Gasteiger partial charge is 0.337 e. The molecule has 2 rings (SSSR count). The van der Waals surface area contributed by atoms with Gasteiger partial charge in [-0.25, -0.2) is 4.98 Å². The quantitative estimate of drug-likeness (QED) is 0.798. The highest BCUT2D eigenvalue weighted by molar-refractivity contribution is 6.30.